The van der Waals surface area contributed by atoms with Gasteiger partial charge in [0.2, 0.25) is 29.5 Å². The van der Waals surface area contributed by atoms with E-state index in [1.165, 1.54) is 0 Å². The molecular formula is C94H159N7O44. The number of nitrogens with one attached hydrogen (secondary N) is 3. The Morgan fingerprint density at radius 1 is 0.221 bits per heavy atom. The summed E-state index contributed by atoms with van der Waals surface area (Å²) in [6.07, 6.45) is 2.78. The van der Waals surface area contributed by atoms with Gasteiger partial charge < -0.3 is 149 Å². The number of rotatable bonds is 103. The molecule has 3 N–H and O–H groups in total. The molecule has 0 spiro atoms. The van der Waals surface area contributed by atoms with Crippen LogP contribution in [0.25, 0.3) is 0 Å². The number of hydrogen-bond donors (Lipinski definition) is 3. The van der Waals surface area contributed by atoms with E-state index in [4.69, 9.17) is 133 Å². The van der Waals surface area contributed by atoms with Gasteiger partial charge in [-0.3, -0.25) is 67.2 Å². The standard InChI is InChI=1S/C69H113N5O33.C25H46N2O11/c1-2-88-26-6-27-89-25-5-9-59(78)71-69(53-102-28-16-56(75)7-3-23-90-35-41-96-47-49-98-43-37-92-31-19-66(85)105-72-60(79)10-11-61(72)80,54-103-29-17-57(76)8-4-24-91-36-42-97-48-50-99-44-38-93-32-20-67(86)106-73-62(81)12-13-63(73)82)55-104-30-18-58(77)70-22-34-95-40-46-101-52-51-100-45-39-94-33-21-68(87)107-74-64(83)14-15-65(74)84;1-2-31-9-10-33-13-14-35-17-18-37-21-22-38-20-19-36-16-15-34-12-11-32-8-6-26-23(28)5-7-27-24(29)3-4-25(27)30/h2-55H2,1H3,(H,70,77)(H,71,78);2-22H2,1H3,(H,26,28). The lowest BCUT2D eigenvalue weighted by atomic mass is 10.0. The molecule has 0 aromatic carbocycles. The van der Waals surface area contributed by atoms with Gasteiger partial charge in [-0.2, -0.15) is 0 Å². The van der Waals surface area contributed by atoms with Crippen molar-refractivity contribution in [3.05, 3.63) is 0 Å². The topological polar surface area (TPSA) is 581 Å². The largest absolute Gasteiger partial charge is 0.382 e. The summed E-state index contributed by atoms with van der Waals surface area (Å²) in [5, 5.41) is 9.97. The lowest BCUT2D eigenvalue weighted by molar-refractivity contribution is -0.198. The third-order valence-electron chi connectivity index (χ3n) is 20.0. The Morgan fingerprint density at radius 2 is 0.441 bits per heavy atom. The lowest BCUT2D eigenvalue weighted by Gasteiger charge is -2.34. The predicted octanol–water partition coefficient (Wildman–Crippen LogP) is 0.0852. The smallest absolute Gasteiger partial charge is 0.335 e. The molecular weight excluding hydrogens is 1930 g/mol. The monoisotopic (exact) mass is 2090 g/mol. The highest BCUT2D eigenvalue weighted by molar-refractivity contribution is 6.03. The summed E-state index contributed by atoms with van der Waals surface area (Å²) < 4.78 is 138. The second kappa shape index (κ2) is 91.9. The summed E-state index contributed by atoms with van der Waals surface area (Å²) in [7, 11) is 0. The molecule has 0 unspecified atom stereocenters. The third kappa shape index (κ3) is 74.3. The van der Waals surface area contributed by atoms with Crippen LogP contribution in [0.15, 0.2) is 0 Å². The molecule has 0 bridgehead atoms. The van der Waals surface area contributed by atoms with Crippen LogP contribution in [0.3, 0.4) is 0 Å². The van der Waals surface area contributed by atoms with Gasteiger partial charge in [0, 0.05) is 162 Å². The number of hydroxylamine groups is 6. The maximum absolute atomic E-state index is 13.7. The van der Waals surface area contributed by atoms with Gasteiger partial charge in [-0.15, -0.1) is 15.2 Å². The Labute approximate surface area is 847 Å². The summed E-state index contributed by atoms with van der Waals surface area (Å²) in [4.78, 5) is 208. The Balaban J connectivity index is 0.00000118. The summed E-state index contributed by atoms with van der Waals surface area (Å²) in [6.45, 7) is 19.6. The molecule has 0 aliphatic carbocycles. The van der Waals surface area contributed by atoms with Gasteiger partial charge in [-0.1, -0.05) is 0 Å². The van der Waals surface area contributed by atoms with Crippen molar-refractivity contribution in [1.29, 1.82) is 0 Å². The minimum atomic E-state index is -1.33. The molecule has 51 nitrogen and oxygen atoms in total. The molecule has 4 aliphatic rings. The van der Waals surface area contributed by atoms with Crippen molar-refractivity contribution >= 4 is 94.5 Å². The Hall–Kier alpha value is -8.28. The van der Waals surface area contributed by atoms with Crippen molar-refractivity contribution in [3.63, 3.8) is 0 Å². The number of amides is 11. The molecule has 0 atom stereocenters. The molecule has 4 saturated heterocycles. The number of imide groups is 4. The van der Waals surface area contributed by atoms with Crippen LogP contribution in [0.1, 0.15) is 155 Å². The molecule has 0 aromatic heterocycles. The number of carbonyl (C=O) groups is 16. The first-order valence-electron chi connectivity index (χ1n) is 50.0. The Bertz CT molecular complexity index is 3220. The van der Waals surface area contributed by atoms with Crippen molar-refractivity contribution in [3.8, 4) is 0 Å². The minimum absolute atomic E-state index is 0.00294. The zero-order chi connectivity index (χ0) is 105. The van der Waals surface area contributed by atoms with Crippen molar-refractivity contribution in [2.24, 2.45) is 0 Å². The maximum Gasteiger partial charge on any atom is 0.335 e. The van der Waals surface area contributed by atoms with E-state index in [1.807, 2.05) is 13.8 Å². The molecule has 0 saturated carbocycles. The fraction of sp³-hybridized carbons (Fsp3) is 0.830. The average Bonchev–Trinajstić information content (AvgIpc) is 1.39. The summed E-state index contributed by atoms with van der Waals surface area (Å²) in [6, 6.07) is 0. The quantitative estimate of drug-likeness (QED) is 0.0536. The maximum atomic E-state index is 13.7. The second-order valence-corrected chi connectivity index (χ2v) is 31.9. The fourth-order valence-corrected chi connectivity index (χ4v) is 12.4. The first kappa shape index (κ1) is 131. The molecule has 51 heteroatoms. The number of hydrogen-bond acceptors (Lipinski definition) is 44. The summed E-state index contributed by atoms with van der Waals surface area (Å²) in [5.74, 6) is -7.08. The highest BCUT2D eigenvalue weighted by Crippen LogP contribution is 2.18. The van der Waals surface area contributed by atoms with Gasteiger partial charge in [0.15, 0.2) is 0 Å². The molecule has 145 heavy (non-hydrogen) atoms. The van der Waals surface area contributed by atoms with Crippen LogP contribution < -0.4 is 16.0 Å². The molecule has 11 amide bonds. The Morgan fingerprint density at radius 3 is 0.745 bits per heavy atom. The fourth-order valence-electron chi connectivity index (χ4n) is 12.4. The minimum Gasteiger partial charge on any atom is -0.382 e. The first-order valence-corrected chi connectivity index (χ1v) is 50.0. The molecule has 4 aliphatic heterocycles. The van der Waals surface area contributed by atoms with Gasteiger partial charge in [0.1, 0.15) is 17.1 Å². The van der Waals surface area contributed by atoms with Crippen molar-refractivity contribution in [2.45, 2.75) is 161 Å². The van der Waals surface area contributed by atoms with E-state index in [0.29, 0.717) is 219 Å². The number of ether oxygens (including phenoxy) is 25. The van der Waals surface area contributed by atoms with Crippen LogP contribution in [0.2, 0.25) is 0 Å². The van der Waals surface area contributed by atoms with Crippen LogP contribution >= 0.6 is 0 Å². The first-order chi connectivity index (χ1) is 70.7. The SMILES string of the molecule is CCOCCCOCCCC(=O)NC(COCCC(=O)CCCOCCOCCOCCOCCC(=O)ON1C(=O)CCC1=O)(COCCC(=O)CCCOCCOCCOCCOCCC(=O)ON1C(=O)CCC1=O)COCCC(=O)NCCOCCOCCOCCOCCC(=O)ON1C(=O)CCC1=O.CCOCCOCCOCCOCCOCCOCCOCCOCCNC(=O)CCN1C(=O)CCC1=O. The van der Waals surface area contributed by atoms with Gasteiger partial charge in [-0.25, -0.2) is 14.4 Å². The van der Waals surface area contributed by atoms with Crippen LogP contribution in [0.4, 0.5) is 0 Å². The summed E-state index contributed by atoms with van der Waals surface area (Å²) in [5.41, 5.74) is -1.33. The van der Waals surface area contributed by atoms with Crippen LogP contribution in [-0.2, 0) is 210 Å². The van der Waals surface area contributed by atoms with Gasteiger partial charge in [0.25, 0.3) is 35.4 Å². The van der Waals surface area contributed by atoms with Crippen molar-refractivity contribution < 1.29 is 210 Å². The normalized spacial score (nSPS) is 13.8. The number of likely N-dealkylation sites (tertiary alicyclic amines) is 1. The van der Waals surface area contributed by atoms with E-state index in [2.05, 4.69) is 16.0 Å². The van der Waals surface area contributed by atoms with Gasteiger partial charge in [-0.05, 0) is 39.5 Å². The van der Waals surface area contributed by atoms with Crippen LogP contribution in [0.5, 0.6) is 0 Å². The second-order valence-electron chi connectivity index (χ2n) is 31.9. The number of nitrogens with zero attached hydrogens (tertiary/aromatic N) is 4. The number of ketones is 2. The van der Waals surface area contributed by atoms with Crippen LogP contribution in [0, 0.1) is 0 Å². The van der Waals surface area contributed by atoms with E-state index in [-0.39, 0.29) is 328 Å². The van der Waals surface area contributed by atoms with Gasteiger partial charge >= 0.3 is 17.9 Å². The van der Waals surface area contributed by atoms with Crippen molar-refractivity contribution in [1.82, 2.24) is 36.0 Å². The zero-order valence-electron chi connectivity index (χ0n) is 84.8. The van der Waals surface area contributed by atoms with E-state index in [9.17, 15) is 76.7 Å². The molecule has 4 rings (SSSR count). The number of carbonyl (C=O) groups excluding carboxylic acids is 16. The third-order valence-corrected chi connectivity index (χ3v) is 20.0. The Kier molecular flexibility index (Phi) is 82.9. The molecule has 0 aromatic rings. The zero-order valence-corrected chi connectivity index (χ0v) is 84.8. The molecule has 0 radical (unpaired) electrons. The highest BCUT2D eigenvalue weighted by Gasteiger charge is 2.37. The molecule has 834 valence electrons. The van der Waals surface area contributed by atoms with Gasteiger partial charge in [0.05, 0.1) is 303 Å². The highest BCUT2D eigenvalue weighted by atomic mass is 16.7. The van der Waals surface area contributed by atoms with Crippen LogP contribution in [-0.4, -0.2) is 470 Å². The van der Waals surface area contributed by atoms with E-state index >= 15 is 0 Å². The van der Waals surface area contributed by atoms with E-state index in [0.717, 1.165) is 4.90 Å². The van der Waals surface area contributed by atoms with E-state index in [1.54, 1.807) is 0 Å². The number of Topliss-reactive ketones (excluding diaryl/α,β-unsaturated/α-hetero) is 2. The van der Waals surface area contributed by atoms with E-state index < -0.39 is 58.9 Å². The molecule has 4 heterocycles. The lowest BCUT2D eigenvalue weighted by Crippen LogP contribution is -2.58. The summed E-state index contributed by atoms with van der Waals surface area (Å²) >= 11 is 0. The predicted molar refractivity (Wildman–Crippen MR) is 501 cm³/mol. The average molecular weight is 2090 g/mol. The van der Waals surface area contributed by atoms with Crippen molar-refractivity contribution in [2.75, 3.05) is 350 Å². The molecule has 4 fully saturated rings.